The SMILES string of the molecule is CB(O)NC1CC2C(=O)OC1C2I. The highest BCUT2D eigenvalue weighted by molar-refractivity contribution is 14.1. The minimum Gasteiger partial charge on any atom is -0.459 e. The lowest BCUT2D eigenvalue weighted by atomic mass is 9.86. The van der Waals surface area contributed by atoms with E-state index in [0.29, 0.717) is 0 Å². The summed E-state index contributed by atoms with van der Waals surface area (Å²) in [7, 11) is -0.536. The molecule has 0 aromatic heterocycles. The van der Waals surface area contributed by atoms with Gasteiger partial charge in [-0.1, -0.05) is 22.6 Å². The van der Waals surface area contributed by atoms with E-state index in [2.05, 4.69) is 27.8 Å². The summed E-state index contributed by atoms with van der Waals surface area (Å²) in [5.41, 5.74) is 0. The Balaban J connectivity index is 2.02. The third-order valence-electron chi connectivity index (χ3n) is 2.61. The fraction of sp³-hybridized carbons (Fsp3) is 0.857. The maximum Gasteiger partial charge on any atom is 0.373 e. The van der Waals surface area contributed by atoms with E-state index in [1.165, 1.54) is 0 Å². The Morgan fingerprint density at radius 2 is 2.46 bits per heavy atom. The van der Waals surface area contributed by atoms with E-state index in [4.69, 9.17) is 9.76 Å². The second kappa shape index (κ2) is 3.40. The summed E-state index contributed by atoms with van der Waals surface area (Å²) in [4.78, 5) is 11.2. The molecule has 0 aromatic carbocycles. The molecular weight excluding hydrogens is 284 g/mol. The van der Waals surface area contributed by atoms with E-state index in [1.807, 2.05) is 0 Å². The molecule has 6 heteroatoms. The van der Waals surface area contributed by atoms with Crippen molar-refractivity contribution >= 4 is 35.6 Å². The predicted octanol–water partition coefficient (Wildman–Crippen LogP) is -0.196. The van der Waals surface area contributed by atoms with Crippen LogP contribution in [0.4, 0.5) is 0 Å². The number of halogens is 1. The number of alkyl halides is 1. The minimum absolute atomic E-state index is 0.0295. The summed E-state index contributed by atoms with van der Waals surface area (Å²) in [6, 6.07) is 0.129. The van der Waals surface area contributed by atoms with Gasteiger partial charge in [-0.25, -0.2) is 0 Å². The van der Waals surface area contributed by atoms with Crippen LogP contribution >= 0.6 is 22.6 Å². The van der Waals surface area contributed by atoms with Crippen molar-refractivity contribution in [2.75, 3.05) is 0 Å². The van der Waals surface area contributed by atoms with Gasteiger partial charge in [-0.2, -0.15) is 0 Å². The average Bonchev–Trinajstić information content (AvgIpc) is 2.43. The van der Waals surface area contributed by atoms with Gasteiger partial charge in [-0.15, -0.1) is 0 Å². The van der Waals surface area contributed by atoms with E-state index >= 15 is 0 Å². The van der Waals surface area contributed by atoms with Crippen molar-refractivity contribution in [1.82, 2.24) is 5.23 Å². The summed E-state index contributed by atoms with van der Waals surface area (Å²) in [5, 5.41) is 12.1. The lowest BCUT2D eigenvalue weighted by molar-refractivity contribution is -0.148. The average molecular weight is 295 g/mol. The number of hydrogen-bond acceptors (Lipinski definition) is 4. The van der Waals surface area contributed by atoms with Gasteiger partial charge in [0.1, 0.15) is 6.10 Å². The summed E-state index contributed by atoms with van der Waals surface area (Å²) in [6.07, 6.45) is 0.745. The highest BCUT2D eigenvalue weighted by Gasteiger charge is 2.54. The highest BCUT2D eigenvalue weighted by Crippen LogP contribution is 2.41. The Morgan fingerprint density at radius 1 is 1.77 bits per heavy atom. The Bertz CT molecular complexity index is 238. The van der Waals surface area contributed by atoms with Crippen molar-refractivity contribution in [3.8, 4) is 0 Å². The van der Waals surface area contributed by atoms with Crippen molar-refractivity contribution in [2.24, 2.45) is 5.92 Å². The highest BCUT2D eigenvalue weighted by atomic mass is 127. The molecule has 72 valence electrons. The molecule has 2 rings (SSSR count). The van der Waals surface area contributed by atoms with Crippen LogP contribution in [0, 0.1) is 5.92 Å². The summed E-state index contributed by atoms with van der Waals surface area (Å²) < 4.78 is 5.43. The van der Waals surface area contributed by atoms with Gasteiger partial charge in [-0.3, -0.25) is 4.79 Å². The van der Waals surface area contributed by atoms with Crippen LogP contribution in [-0.2, 0) is 9.53 Å². The first-order valence-electron chi connectivity index (χ1n) is 4.38. The van der Waals surface area contributed by atoms with Crippen LogP contribution in [0.5, 0.6) is 0 Å². The van der Waals surface area contributed by atoms with Crippen molar-refractivity contribution < 1.29 is 14.6 Å². The van der Waals surface area contributed by atoms with Crippen molar-refractivity contribution in [2.45, 2.75) is 29.3 Å². The number of esters is 1. The minimum atomic E-state index is -0.536. The number of fused-ring (bicyclic) bond motifs is 2. The second-order valence-electron chi connectivity index (χ2n) is 3.64. The molecule has 2 fully saturated rings. The molecule has 4 unspecified atom stereocenters. The number of ether oxygens (including phenoxy) is 1. The van der Waals surface area contributed by atoms with Crippen LogP contribution in [-0.4, -0.2) is 34.1 Å². The maximum absolute atomic E-state index is 11.2. The molecule has 4 atom stereocenters. The van der Waals surface area contributed by atoms with Crippen LogP contribution in [0.2, 0.25) is 6.82 Å². The van der Waals surface area contributed by atoms with Gasteiger partial charge in [-0.05, 0) is 13.2 Å². The Labute approximate surface area is 90.7 Å². The van der Waals surface area contributed by atoms with Gasteiger partial charge in [0.05, 0.1) is 9.84 Å². The molecule has 1 aliphatic heterocycles. The van der Waals surface area contributed by atoms with E-state index < -0.39 is 7.05 Å². The van der Waals surface area contributed by atoms with Crippen molar-refractivity contribution in [1.29, 1.82) is 0 Å². The molecule has 0 amide bonds. The Hall–Kier alpha value is 0.185. The van der Waals surface area contributed by atoms with Crippen molar-refractivity contribution in [3.63, 3.8) is 0 Å². The quantitative estimate of drug-likeness (QED) is 0.321. The molecule has 0 spiro atoms. The molecule has 1 saturated carbocycles. The Kier molecular flexibility index (Phi) is 2.54. The first-order chi connectivity index (χ1) is 6.09. The Morgan fingerprint density at radius 3 is 2.85 bits per heavy atom. The topological polar surface area (TPSA) is 58.6 Å². The van der Waals surface area contributed by atoms with E-state index in [-0.39, 0.29) is 28.0 Å². The number of carbonyl (C=O) groups excluding carboxylic acids is 1. The number of rotatable bonds is 2. The fourth-order valence-electron chi connectivity index (χ4n) is 2.06. The largest absolute Gasteiger partial charge is 0.459 e. The zero-order valence-corrected chi connectivity index (χ0v) is 9.39. The van der Waals surface area contributed by atoms with Crippen LogP contribution in [0.15, 0.2) is 0 Å². The molecule has 1 heterocycles. The molecule has 2 aliphatic rings. The van der Waals surface area contributed by atoms with Gasteiger partial charge in [0.25, 0.3) is 0 Å². The summed E-state index contributed by atoms with van der Waals surface area (Å²) in [6.45, 7) is 1.68. The van der Waals surface area contributed by atoms with Gasteiger partial charge in [0.2, 0.25) is 0 Å². The molecule has 13 heavy (non-hydrogen) atoms. The van der Waals surface area contributed by atoms with Gasteiger partial charge < -0.3 is 15.0 Å². The van der Waals surface area contributed by atoms with E-state index in [9.17, 15) is 4.79 Å². The summed E-state index contributed by atoms with van der Waals surface area (Å²) >= 11 is 2.26. The molecule has 4 nitrogen and oxygen atoms in total. The monoisotopic (exact) mass is 295 g/mol. The van der Waals surface area contributed by atoms with Gasteiger partial charge in [0, 0.05) is 6.04 Å². The number of carbonyl (C=O) groups is 1. The smallest absolute Gasteiger partial charge is 0.373 e. The molecule has 0 aromatic rings. The van der Waals surface area contributed by atoms with Crippen LogP contribution in [0.3, 0.4) is 0 Å². The molecule has 2 bridgehead atoms. The lowest BCUT2D eigenvalue weighted by Crippen LogP contribution is -2.47. The van der Waals surface area contributed by atoms with E-state index in [0.717, 1.165) is 6.42 Å². The summed E-state index contributed by atoms with van der Waals surface area (Å²) in [5.74, 6) is -0.0464. The first kappa shape index (κ1) is 9.73. The van der Waals surface area contributed by atoms with Gasteiger partial charge >= 0.3 is 13.0 Å². The third kappa shape index (κ3) is 1.59. The fourth-order valence-corrected chi connectivity index (χ4v) is 3.29. The molecule has 1 aliphatic carbocycles. The number of nitrogens with one attached hydrogen (secondary N) is 1. The zero-order valence-electron chi connectivity index (χ0n) is 7.24. The van der Waals surface area contributed by atoms with Crippen LogP contribution in [0.1, 0.15) is 6.42 Å². The second-order valence-corrected chi connectivity index (χ2v) is 5.08. The molecule has 2 N–H and O–H groups in total. The number of hydrogen-bond donors (Lipinski definition) is 2. The third-order valence-corrected chi connectivity index (χ3v) is 4.19. The lowest BCUT2D eigenvalue weighted by Gasteiger charge is -2.23. The van der Waals surface area contributed by atoms with Crippen molar-refractivity contribution in [3.05, 3.63) is 0 Å². The van der Waals surface area contributed by atoms with Crippen LogP contribution < -0.4 is 5.23 Å². The van der Waals surface area contributed by atoms with E-state index in [1.54, 1.807) is 6.82 Å². The first-order valence-corrected chi connectivity index (χ1v) is 5.63. The maximum atomic E-state index is 11.2. The van der Waals surface area contributed by atoms with Crippen LogP contribution in [0.25, 0.3) is 0 Å². The van der Waals surface area contributed by atoms with Gasteiger partial charge in [0.15, 0.2) is 0 Å². The molecule has 1 saturated heterocycles. The normalized spacial score (nSPS) is 42.2. The zero-order chi connectivity index (χ0) is 9.59. The molecular formula is C7H11BINO3. The molecule has 0 radical (unpaired) electrons. The predicted molar refractivity (Wildman–Crippen MR) is 56.6 cm³/mol. The standard InChI is InChI=1S/C7H11BINO3/c1-8(12)10-4-2-3-5(9)6(4)13-7(3)11/h3-6,10,12H,2H2,1H3.